The van der Waals surface area contributed by atoms with Gasteiger partial charge in [-0.2, -0.15) is 5.26 Å². The van der Waals surface area contributed by atoms with Crippen LogP contribution in [-0.2, 0) is 5.41 Å². The van der Waals surface area contributed by atoms with Crippen LogP contribution in [0.4, 0.5) is 39.8 Å². The van der Waals surface area contributed by atoms with Crippen LogP contribution in [0.15, 0.2) is 231 Å². The van der Waals surface area contributed by atoms with Gasteiger partial charge in [0, 0.05) is 34.1 Å². The summed E-state index contributed by atoms with van der Waals surface area (Å²) in [4.78, 5) is 8.24. The monoisotopic (exact) mass is 802 g/mol. The smallest absolute Gasteiger partial charge is 0.187 e. The molecule has 0 spiro atoms. The summed E-state index contributed by atoms with van der Waals surface area (Å²) in [6.45, 7) is 7.61. The van der Waals surface area contributed by atoms with E-state index < -0.39 is 5.41 Å². The van der Waals surface area contributed by atoms with E-state index >= 15 is 0 Å². The van der Waals surface area contributed by atoms with E-state index in [-0.39, 0.29) is 0 Å². The quantitative estimate of drug-likeness (QED) is 0.113. The van der Waals surface area contributed by atoms with Gasteiger partial charge in [-0.1, -0.05) is 146 Å². The molecule has 11 rings (SSSR count). The van der Waals surface area contributed by atoms with E-state index in [0.717, 1.165) is 39.5 Å². The summed E-state index contributed by atoms with van der Waals surface area (Å²) in [5.41, 5.74) is 13.8. The molecule has 0 N–H and O–H groups in total. The molecule has 0 heterocycles. The molecule has 0 aromatic heterocycles. The Kier molecular flexibility index (Phi) is 9.12. The van der Waals surface area contributed by atoms with Gasteiger partial charge in [0.1, 0.15) is 0 Å². The molecule has 10 aromatic rings. The molecule has 1 aliphatic carbocycles. The van der Waals surface area contributed by atoms with Gasteiger partial charge in [0.15, 0.2) is 5.69 Å². The summed E-state index contributed by atoms with van der Waals surface area (Å²) >= 11 is 0. The molecule has 0 aliphatic heterocycles. The summed E-state index contributed by atoms with van der Waals surface area (Å²) in [5.74, 6) is 0. The van der Waals surface area contributed by atoms with E-state index in [2.05, 4.69) is 191 Å². The third-order valence-corrected chi connectivity index (χ3v) is 12.5. The lowest BCUT2D eigenvalue weighted by atomic mass is 9.66. The molecule has 4 heteroatoms. The van der Waals surface area contributed by atoms with E-state index in [4.69, 9.17) is 6.57 Å². The second-order valence-electron chi connectivity index (χ2n) is 15.9. The van der Waals surface area contributed by atoms with Crippen LogP contribution in [-0.4, -0.2) is 0 Å². The number of benzene rings is 10. The van der Waals surface area contributed by atoms with E-state index in [9.17, 15) is 5.26 Å². The summed E-state index contributed by atoms with van der Waals surface area (Å²) < 4.78 is 0. The van der Waals surface area contributed by atoms with E-state index in [0.29, 0.717) is 11.3 Å². The minimum Gasteiger partial charge on any atom is -0.311 e. The van der Waals surface area contributed by atoms with Crippen molar-refractivity contribution in [2.75, 3.05) is 9.80 Å². The van der Waals surface area contributed by atoms with Crippen molar-refractivity contribution >= 4 is 61.4 Å². The predicted molar refractivity (Wildman–Crippen MR) is 259 cm³/mol. The maximum absolute atomic E-state index is 9.71. The Morgan fingerprint density at radius 1 is 0.413 bits per heavy atom. The van der Waals surface area contributed by atoms with Gasteiger partial charge < -0.3 is 9.80 Å². The van der Waals surface area contributed by atoms with Crippen molar-refractivity contribution in [2.24, 2.45) is 0 Å². The zero-order valence-electron chi connectivity index (χ0n) is 34.2. The van der Waals surface area contributed by atoms with E-state index in [1.807, 2.05) is 60.7 Å². The summed E-state index contributed by atoms with van der Waals surface area (Å²) in [7, 11) is 0. The van der Waals surface area contributed by atoms with Crippen molar-refractivity contribution in [1.29, 1.82) is 5.26 Å². The molecule has 0 atom stereocenters. The number of hydrogen-bond acceptors (Lipinski definition) is 3. The van der Waals surface area contributed by atoms with Crippen LogP contribution >= 0.6 is 0 Å². The largest absolute Gasteiger partial charge is 0.311 e. The standard InChI is InChI=1S/C59H38N4/c1-61-44-28-32-48(33-29-44)62(45-20-10-4-11-21-45)49-34-36-53-55(38-49)51-24-14-15-25-52(51)57-54-37-35-50(63(46-22-12-5-13-23-46)47-30-26-41(40-60)27-31-47)39-56(54)59(58(53)57,42-16-6-2-7-17-42)43-18-8-3-9-19-43/h2-39H. The molecule has 0 radical (unpaired) electrons. The molecule has 0 amide bonds. The van der Waals surface area contributed by atoms with Crippen molar-refractivity contribution in [2.45, 2.75) is 5.41 Å². The number of rotatable bonds is 8. The maximum atomic E-state index is 9.71. The van der Waals surface area contributed by atoms with Gasteiger partial charge in [0.05, 0.1) is 23.6 Å². The molecule has 0 saturated carbocycles. The first-order valence-electron chi connectivity index (χ1n) is 21.1. The van der Waals surface area contributed by atoms with Crippen LogP contribution < -0.4 is 9.80 Å². The molecular weight excluding hydrogens is 765 g/mol. The van der Waals surface area contributed by atoms with Gasteiger partial charge in [-0.05, 0) is 140 Å². The molecule has 1 aliphatic rings. The maximum Gasteiger partial charge on any atom is 0.187 e. The first-order valence-corrected chi connectivity index (χ1v) is 21.1. The first-order chi connectivity index (χ1) is 31.2. The lowest BCUT2D eigenvalue weighted by Crippen LogP contribution is -2.29. The zero-order chi connectivity index (χ0) is 42.3. The van der Waals surface area contributed by atoms with Crippen LogP contribution in [0.25, 0.3) is 37.5 Å². The average Bonchev–Trinajstić information content (AvgIpc) is 3.67. The van der Waals surface area contributed by atoms with Gasteiger partial charge in [-0.25, -0.2) is 4.85 Å². The van der Waals surface area contributed by atoms with Gasteiger partial charge >= 0.3 is 0 Å². The number of nitrogens with zero attached hydrogens (tertiary/aromatic N) is 4. The lowest BCUT2D eigenvalue weighted by Gasteiger charge is -2.36. The molecule has 0 saturated heterocycles. The van der Waals surface area contributed by atoms with E-state index in [1.54, 1.807) is 0 Å². The van der Waals surface area contributed by atoms with Crippen LogP contribution in [0.1, 0.15) is 27.8 Å². The van der Waals surface area contributed by atoms with Crippen molar-refractivity contribution in [1.82, 2.24) is 0 Å². The normalized spacial score (nSPS) is 12.2. The number of fused-ring (bicyclic) bond motifs is 8. The number of hydrogen-bond donors (Lipinski definition) is 0. The zero-order valence-corrected chi connectivity index (χ0v) is 34.2. The van der Waals surface area contributed by atoms with Crippen molar-refractivity contribution < 1.29 is 0 Å². The number of nitriles is 1. The Balaban J connectivity index is 1.24. The van der Waals surface area contributed by atoms with Gasteiger partial charge in [-0.15, -0.1) is 0 Å². The fourth-order valence-electron chi connectivity index (χ4n) is 9.87. The Bertz CT molecular complexity index is 3350. The Hall–Kier alpha value is -8.70. The van der Waals surface area contributed by atoms with Gasteiger partial charge in [0.25, 0.3) is 0 Å². The molecule has 4 nitrogen and oxygen atoms in total. The molecule has 0 bridgehead atoms. The fourth-order valence-corrected chi connectivity index (χ4v) is 9.87. The second-order valence-corrected chi connectivity index (χ2v) is 15.9. The summed E-state index contributed by atoms with van der Waals surface area (Å²) in [6.07, 6.45) is 0. The number of para-hydroxylation sites is 2. The minimum absolute atomic E-state index is 0.608. The minimum atomic E-state index is -0.714. The highest BCUT2D eigenvalue weighted by Crippen LogP contribution is 2.61. The molecule has 0 unspecified atom stereocenters. The fraction of sp³-hybridized carbons (Fsp3) is 0.0169. The van der Waals surface area contributed by atoms with E-state index in [1.165, 1.54) is 49.5 Å². The van der Waals surface area contributed by atoms with Crippen molar-refractivity contribution in [3.63, 3.8) is 0 Å². The van der Waals surface area contributed by atoms with Crippen molar-refractivity contribution in [3.05, 3.63) is 270 Å². The highest BCUT2D eigenvalue weighted by atomic mass is 15.1. The Morgan fingerprint density at radius 2 is 0.873 bits per heavy atom. The highest BCUT2D eigenvalue weighted by Gasteiger charge is 2.48. The van der Waals surface area contributed by atoms with Crippen LogP contribution in [0.2, 0.25) is 0 Å². The Labute approximate surface area is 367 Å². The average molecular weight is 803 g/mol. The predicted octanol–water partition coefficient (Wildman–Crippen LogP) is 15.7. The van der Waals surface area contributed by atoms with Crippen LogP contribution in [0.5, 0.6) is 0 Å². The SMILES string of the molecule is [C-]#[N+]c1ccc(N(c2ccccc2)c2ccc3c4c(c5ccccc5c3c2)-c2ccc(N(c3ccccc3)c3ccc(C#N)cc3)cc2C4(c2ccccc2)c2ccccc2)cc1. The molecular formula is C59H38N4. The Morgan fingerprint density at radius 3 is 1.43 bits per heavy atom. The second kappa shape index (κ2) is 15.4. The highest BCUT2D eigenvalue weighted by molar-refractivity contribution is 6.20. The first kappa shape index (κ1) is 37.3. The van der Waals surface area contributed by atoms with Crippen LogP contribution in [0.3, 0.4) is 0 Å². The molecule has 63 heavy (non-hydrogen) atoms. The summed E-state index contributed by atoms with van der Waals surface area (Å²) in [6, 6.07) is 83.7. The van der Waals surface area contributed by atoms with Crippen LogP contribution in [0, 0.1) is 17.9 Å². The third kappa shape index (κ3) is 6.05. The topological polar surface area (TPSA) is 34.6 Å². The number of anilines is 6. The van der Waals surface area contributed by atoms with Crippen molar-refractivity contribution in [3.8, 4) is 17.2 Å². The third-order valence-electron chi connectivity index (χ3n) is 12.5. The van der Waals surface area contributed by atoms with Gasteiger partial charge in [-0.3, -0.25) is 0 Å². The molecule has 294 valence electrons. The lowest BCUT2D eigenvalue weighted by molar-refractivity contribution is 0.776. The molecule has 10 aromatic carbocycles. The molecule has 0 fully saturated rings. The summed E-state index contributed by atoms with van der Waals surface area (Å²) in [5, 5.41) is 14.4. The van der Waals surface area contributed by atoms with Gasteiger partial charge in [0.2, 0.25) is 0 Å².